The van der Waals surface area contributed by atoms with Crippen LogP contribution in [0.25, 0.3) is 0 Å². The van der Waals surface area contributed by atoms with Crippen LogP contribution < -0.4 is 0 Å². The van der Waals surface area contributed by atoms with Crippen LogP contribution in [0.5, 0.6) is 0 Å². The standard InChI is InChI=1S/C16H22BrNO2/c1-16(2,13-5-7-14(17)8-6-13)15(20)18-9-3-4-12(10-18)11-19/h5-8,12,19H,3-4,9-11H2,1-2H3. The van der Waals surface area contributed by atoms with E-state index < -0.39 is 5.41 Å². The molecule has 0 aliphatic carbocycles. The van der Waals surface area contributed by atoms with E-state index in [1.54, 1.807) is 0 Å². The number of rotatable bonds is 3. The maximum Gasteiger partial charge on any atom is 0.232 e. The van der Waals surface area contributed by atoms with Gasteiger partial charge in [0.25, 0.3) is 0 Å². The fourth-order valence-corrected chi connectivity index (χ4v) is 3.05. The van der Waals surface area contributed by atoms with Crippen molar-refractivity contribution in [3.8, 4) is 0 Å². The van der Waals surface area contributed by atoms with Gasteiger partial charge in [0.2, 0.25) is 5.91 Å². The van der Waals surface area contributed by atoms with E-state index in [9.17, 15) is 9.90 Å². The lowest BCUT2D eigenvalue weighted by Gasteiger charge is -2.37. The Hall–Kier alpha value is -0.870. The molecule has 1 fully saturated rings. The van der Waals surface area contributed by atoms with Crippen molar-refractivity contribution in [1.29, 1.82) is 0 Å². The summed E-state index contributed by atoms with van der Waals surface area (Å²) >= 11 is 3.42. The summed E-state index contributed by atoms with van der Waals surface area (Å²) in [5, 5.41) is 9.30. The van der Waals surface area contributed by atoms with Gasteiger partial charge in [-0.15, -0.1) is 0 Å². The second kappa shape index (κ2) is 6.27. The molecule has 1 aromatic carbocycles. The smallest absolute Gasteiger partial charge is 0.232 e. The maximum atomic E-state index is 12.8. The zero-order chi connectivity index (χ0) is 14.8. The van der Waals surface area contributed by atoms with Crippen LogP contribution in [0.15, 0.2) is 28.7 Å². The molecule has 1 heterocycles. The maximum absolute atomic E-state index is 12.8. The topological polar surface area (TPSA) is 40.5 Å². The second-order valence-electron chi connectivity index (χ2n) is 6.07. The van der Waals surface area contributed by atoms with Crippen molar-refractivity contribution < 1.29 is 9.90 Å². The highest BCUT2D eigenvalue weighted by atomic mass is 79.9. The van der Waals surface area contributed by atoms with E-state index in [0.717, 1.165) is 29.4 Å². The molecule has 1 amide bonds. The number of carbonyl (C=O) groups excluding carboxylic acids is 1. The highest BCUT2D eigenvalue weighted by molar-refractivity contribution is 9.10. The molecule has 2 rings (SSSR count). The summed E-state index contributed by atoms with van der Waals surface area (Å²) in [5.74, 6) is 0.381. The summed E-state index contributed by atoms with van der Waals surface area (Å²) in [6.07, 6.45) is 1.99. The Morgan fingerprint density at radius 1 is 1.40 bits per heavy atom. The van der Waals surface area contributed by atoms with Crippen molar-refractivity contribution in [2.45, 2.75) is 32.1 Å². The number of nitrogens with zero attached hydrogens (tertiary/aromatic N) is 1. The molecule has 1 unspecified atom stereocenters. The number of aliphatic hydroxyl groups is 1. The summed E-state index contributed by atoms with van der Waals surface area (Å²) in [5.41, 5.74) is 0.495. The van der Waals surface area contributed by atoms with Gasteiger partial charge in [-0.1, -0.05) is 28.1 Å². The minimum atomic E-state index is -0.530. The van der Waals surface area contributed by atoms with Gasteiger partial charge in [0.1, 0.15) is 0 Å². The van der Waals surface area contributed by atoms with Gasteiger partial charge in [-0.25, -0.2) is 0 Å². The molecule has 1 aromatic rings. The van der Waals surface area contributed by atoms with Crippen LogP contribution in [0.1, 0.15) is 32.3 Å². The summed E-state index contributed by atoms with van der Waals surface area (Å²) in [6.45, 7) is 5.59. The summed E-state index contributed by atoms with van der Waals surface area (Å²) < 4.78 is 1.02. The Balaban J connectivity index is 2.16. The SMILES string of the molecule is CC(C)(C(=O)N1CCCC(CO)C1)c1ccc(Br)cc1. The third-order valence-corrected chi connectivity index (χ3v) is 4.69. The van der Waals surface area contributed by atoms with Crippen LogP contribution in [0.3, 0.4) is 0 Å². The third kappa shape index (κ3) is 3.23. The molecular weight excluding hydrogens is 318 g/mol. The summed E-state index contributed by atoms with van der Waals surface area (Å²) in [6, 6.07) is 7.93. The highest BCUT2D eigenvalue weighted by Crippen LogP contribution is 2.29. The van der Waals surface area contributed by atoms with Crippen LogP contribution in [0, 0.1) is 5.92 Å². The van der Waals surface area contributed by atoms with Gasteiger partial charge < -0.3 is 10.0 Å². The fourth-order valence-electron chi connectivity index (χ4n) is 2.78. The van der Waals surface area contributed by atoms with E-state index in [4.69, 9.17) is 0 Å². The van der Waals surface area contributed by atoms with Crippen LogP contribution in [0.2, 0.25) is 0 Å². The van der Waals surface area contributed by atoms with Crippen LogP contribution in [0.4, 0.5) is 0 Å². The van der Waals surface area contributed by atoms with Gasteiger partial charge in [-0.2, -0.15) is 0 Å². The first-order valence-corrected chi connectivity index (χ1v) is 7.90. The van der Waals surface area contributed by atoms with Crippen molar-refractivity contribution >= 4 is 21.8 Å². The van der Waals surface area contributed by atoms with E-state index >= 15 is 0 Å². The van der Waals surface area contributed by atoms with Crippen molar-refractivity contribution in [3.63, 3.8) is 0 Å². The average molecular weight is 340 g/mol. The van der Waals surface area contributed by atoms with Crippen molar-refractivity contribution in [3.05, 3.63) is 34.3 Å². The van der Waals surface area contributed by atoms with Gasteiger partial charge in [-0.05, 0) is 50.3 Å². The molecule has 0 spiro atoms. The molecule has 110 valence electrons. The predicted molar refractivity (Wildman–Crippen MR) is 83.6 cm³/mol. The molecule has 1 atom stereocenters. The molecule has 1 saturated heterocycles. The number of benzene rings is 1. The number of hydrogen-bond acceptors (Lipinski definition) is 2. The number of halogens is 1. The minimum absolute atomic E-state index is 0.151. The number of aliphatic hydroxyl groups excluding tert-OH is 1. The Morgan fingerprint density at radius 2 is 2.05 bits per heavy atom. The first-order chi connectivity index (χ1) is 9.45. The van der Waals surface area contributed by atoms with Gasteiger partial charge in [-0.3, -0.25) is 4.79 Å². The highest BCUT2D eigenvalue weighted by Gasteiger charge is 2.35. The minimum Gasteiger partial charge on any atom is -0.396 e. The monoisotopic (exact) mass is 339 g/mol. The largest absolute Gasteiger partial charge is 0.396 e. The number of piperidine rings is 1. The Labute approximate surface area is 129 Å². The summed E-state index contributed by atoms with van der Waals surface area (Å²) in [7, 11) is 0. The molecule has 1 aliphatic rings. The second-order valence-corrected chi connectivity index (χ2v) is 6.99. The normalized spacial score (nSPS) is 20.0. The average Bonchev–Trinajstić information content (AvgIpc) is 2.47. The molecule has 1 aliphatic heterocycles. The third-order valence-electron chi connectivity index (χ3n) is 4.16. The quantitative estimate of drug-likeness (QED) is 0.919. The molecule has 20 heavy (non-hydrogen) atoms. The van der Waals surface area contributed by atoms with Gasteiger partial charge in [0.15, 0.2) is 0 Å². The van der Waals surface area contributed by atoms with Gasteiger partial charge in [0.05, 0.1) is 5.41 Å². The van der Waals surface area contributed by atoms with Gasteiger partial charge in [0, 0.05) is 24.2 Å². The fraction of sp³-hybridized carbons (Fsp3) is 0.562. The Kier molecular flexibility index (Phi) is 4.86. The van der Waals surface area contributed by atoms with E-state index in [2.05, 4.69) is 15.9 Å². The number of hydrogen-bond donors (Lipinski definition) is 1. The van der Waals surface area contributed by atoms with Crippen molar-refractivity contribution in [1.82, 2.24) is 4.90 Å². The molecule has 4 heteroatoms. The van der Waals surface area contributed by atoms with E-state index in [1.165, 1.54) is 0 Å². The zero-order valence-electron chi connectivity index (χ0n) is 12.1. The molecule has 0 radical (unpaired) electrons. The Morgan fingerprint density at radius 3 is 2.65 bits per heavy atom. The first-order valence-electron chi connectivity index (χ1n) is 7.11. The lowest BCUT2D eigenvalue weighted by molar-refractivity contribution is -0.138. The molecule has 3 nitrogen and oxygen atoms in total. The van der Waals surface area contributed by atoms with E-state index in [1.807, 2.05) is 43.0 Å². The van der Waals surface area contributed by atoms with E-state index in [-0.39, 0.29) is 18.4 Å². The van der Waals surface area contributed by atoms with E-state index in [0.29, 0.717) is 6.54 Å². The first kappa shape index (κ1) is 15.5. The lowest BCUT2D eigenvalue weighted by Crippen LogP contribution is -2.48. The van der Waals surface area contributed by atoms with Crippen LogP contribution in [-0.2, 0) is 10.2 Å². The lowest BCUT2D eigenvalue weighted by atomic mass is 9.82. The molecule has 0 aromatic heterocycles. The summed E-state index contributed by atoms with van der Waals surface area (Å²) in [4.78, 5) is 14.7. The van der Waals surface area contributed by atoms with Crippen LogP contribution >= 0.6 is 15.9 Å². The molecule has 0 saturated carbocycles. The van der Waals surface area contributed by atoms with Crippen LogP contribution in [-0.4, -0.2) is 35.6 Å². The zero-order valence-corrected chi connectivity index (χ0v) is 13.7. The predicted octanol–water partition coefficient (Wildman–Crippen LogP) is 2.96. The molecule has 0 bridgehead atoms. The Bertz CT molecular complexity index is 470. The molecular formula is C16H22BrNO2. The number of amides is 1. The van der Waals surface area contributed by atoms with Crippen molar-refractivity contribution in [2.24, 2.45) is 5.92 Å². The number of likely N-dealkylation sites (tertiary alicyclic amines) is 1. The number of carbonyl (C=O) groups is 1. The molecule has 1 N–H and O–H groups in total. The van der Waals surface area contributed by atoms with Crippen molar-refractivity contribution in [2.75, 3.05) is 19.7 Å². The van der Waals surface area contributed by atoms with Gasteiger partial charge >= 0.3 is 0 Å².